The number of allylic oxidation sites excluding steroid dienone is 2. The van der Waals surface area contributed by atoms with Gasteiger partial charge in [0.25, 0.3) is 0 Å². The highest BCUT2D eigenvalue weighted by atomic mass is 14.7. The zero-order chi connectivity index (χ0) is 11.1. The molecule has 0 aromatic heterocycles. The minimum Gasteiger partial charge on any atom is -0.253 e. The van der Waals surface area contributed by atoms with Crippen LogP contribution in [0.25, 0.3) is 5.70 Å². The summed E-state index contributed by atoms with van der Waals surface area (Å²) in [6.45, 7) is 8.06. The molecule has 1 rings (SSSR count). The molecule has 0 atom stereocenters. The average Bonchev–Trinajstić information content (AvgIpc) is 2.29. The number of nitrogens with zero attached hydrogens (tertiary/aromatic N) is 1. The normalized spacial score (nSPS) is 12.0. The van der Waals surface area contributed by atoms with E-state index >= 15 is 0 Å². The van der Waals surface area contributed by atoms with Gasteiger partial charge in [-0.1, -0.05) is 49.9 Å². The highest BCUT2D eigenvalue weighted by Gasteiger charge is 1.96. The topological polar surface area (TPSA) is 12.4 Å². The summed E-state index contributed by atoms with van der Waals surface area (Å²) in [6.07, 6.45) is 4.95. The first-order valence-electron chi connectivity index (χ1n) is 5.22. The third-order valence-corrected chi connectivity index (χ3v) is 2.11. The van der Waals surface area contributed by atoms with Crippen molar-refractivity contribution in [2.24, 2.45) is 4.99 Å². The SMILES string of the molecule is C=C(N=C(/C=C\C)CC)c1ccccc1. The summed E-state index contributed by atoms with van der Waals surface area (Å²) >= 11 is 0. The first-order valence-corrected chi connectivity index (χ1v) is 5.22. The molecule has 0 amide bonds. The summed E-state index contributed by atoms with van der Waals surface area (Å²) in [5, 5.41) is 0. The summed E-state index contributed by atoms with van der Waals surface area (Å²) in [6, 6.07) is 10.0. The maximum absolute atomic E-state index is 4.49. The van der Waals surface area contributed by atoms with Gasteiger partial charge in [-0.2, -0.15) is 0 Å². The molecule has 1 nitrogen and oxygen atoms in total. The third-order valence-electron chi connectivity index (χ3n) is 2.11. The summed E-state index contributed by atoms with van der Waals surface area (Å²) < 4.78 is 0. The van der Waals surface area contributed by atoms with Crippen molar-refractivity contribution < 1.29 is 0 Å². The van der Waals surface area contributed by atoms with E-state index in [1.807, 2.05) is 49.4 Å². The van der Waals surface area contributed by atoms with Crippen molar-refractivity contribution in [1.82, 2.24) is 0 Å². The lowest BCUT2D eigenvalue weighted by atomic mass is 10.2. The van der Waals surface area contributed by atoms with E-state index in [2.05, 4.69) is 18.5 Å². The van der Waals surface area contributed by atoms with E-state index in [1.165, 1.54) is 0 Å². The maximum Gasteiger partial charge on any atom is 0.0633 e. The molecule has 0 radical (unpaired) electrons. The van der Waals surface area contributed by atoms with Crippen LogP contribution in [0, 0.1) is 0 Å². The van der Waals surface area contributed by atoms with Crippen molar-refractivity contribution in [2.75, 3.05) is 0 Å². The Balaban J connectivity index is 2.86. The lowest BCUT2D eigenvalue weighted by Gasteiger charge is -2.01. The smallest absolute Gasteiger partial charge is 0.0633 e. The van der Waals surface area contributed by atoms with Crippen LogP contribution in [0.1, 0.15) is 25.8 Å². The van der Waals surface area contributed by atoms with E-state index in [4.69, 9.17) is 0 Å². The van der Waals surface area contributed by atoms with E-state index in [1.54, 1.807) is 0 Å². The van der Waals surface area contributed by atoms with Crippen LogP contribution in [-0.2, 0) is 0 Å². The highest BCUT2D eigenvalue weighted by molar-refractivity contribution is 5.98. The molecule has 0 fully saturated rings. The second kappa shape index (κ2) is 5.97. The molecule has 1 heteroatoms. The van der Waals surface area contributed by atoms with Crippen molar-refractivity contribution in [3.05, 3.63) is 54.6 Å². The molecule has 0 saturated carbocycles. The van der Waals surface area contributed by atoms with Crippen LogP contribution in [-0.4, -0.2) is 5.71 Å². The molecule has 0 aliphatic heterocycles. The molecule has 0 aliphatic rings. The van der Waals surface area contributed by atoms with Crippen molar-refractivity contribution in [3.8, 4) is 0 Å². The molecule has 0 heterocycles. The fourth-order valence-corrected chi connectivity index (χ4v) is 1.30. The van der Waals surface area contributed by atoms with Gasteiger partial charge in [0.05, 0.1) is 5.70 Å². The predicted molar refractivity (Wildman–Crippen MR) is 68.0 cm³/mol. The van der Waals surface area contributed by atoms with Crippen LogP contribution < -0.4 is 0 Å². The van der Waals surface area contributed by atoms with Gasteiger partial charge in [0, 0.05) is 5.71 Å². The van der Waals surface area contributed by atoms with Crippen molar-refractivity contribution >= 4 is 11.4 Å². The summed E-state index contributed by atoms with van der Waals surface area (Å²) in [5.41, 5.74) is 2.96. The van der Waals surface area contributed by atoms with Crippen molar-refractivity contribution in [1.29, 1.82) is 0 Å². The largest absolute Gasteiger partial charge is 0.253 e. The zero-order valence-corrected chi connectivity index (χ0v) is 9.40. The van der Waals surface area contributed by atoms with Crippen LogP contribution in [0.15, 0.2) is 54.1 Å². The molecule has 1 aromatic rings. The summed E-state index contributed by atoms with van der Waals surface area (Å²) in [5.74, 6) is 0. The number of rotatable bonds is 4. The Morgan fingerprint density at radius 3 is 2.53 bits per heavy atom. The fourth-order valence-electron chi connectivity index (χ4n) is 1.30. The minimum atomic E-state index is 0.825. The van der Waals surface area contributed by atoms with E-state index in [9.17, 15) is 0 Å². The van der Waals surface area contributed by atoms with Gasteiger partial charge in [-0.3, -0.25) is 4.99 Å². The molecule has 78 valence electrons. The Labute approximate surface area is 91.9 Å². The van der Waals surface area contributed by atoms with Gasteiger partial charge in [-0.15, -0.1) is 0 Å². The Morgan fingerprint density at radius 1 is 1.33 bits per heavy atom. The molecule has 1 aromatic carbocycles. The lowest BCUT2D eigenvalue weighted by molar-refractivity contribution is 1.28. The predicted octanol–water partition coefficient (Wildman–Crippen LogP) is 4.08. The van der Waals surface area contributed by atoms with E-state index in [-0.39, 0.29) is 0 Å². The Bertz CT molecular complexity index is 372. The van der Waals surface area contributed by atoms with Gasteiger partial charge >= 0.3 is 0 Å². The highest BCUT2D eigenvalue weighted by Crippen LogP contribution is 2.13. The quantitative estimate of drug-likeness (QED) is 0.648. The second-order valence-electron chi connectivity index (χ2n) is 3.27. The molecule has 0 spiro atoms. The van der Waals surface area contributed by atoms with Crippen LogP contribution >= 0.6 is 0 Å². The van der Waals surface area contributed by atoms with E-state index in [0.29, 0.717) is 0 Å². The third kappa shape index (κ3) is 3.55. The first-order chi connectivity index (χ1) is 7.27. The second-order valence-corrected chi connectivity index (χ2v) is 3.27. The lowest BCUT2D eigenvalue weighted by Crippen LogP contribution is -1.91. The number of hydrogen-bond donors (Lipinski definition) is 0. The van der Waals surface area contributed by atoms with Gasteiger partial charge in [0.1, 0.15) is 0 Å². The zero-order valence-electron chi connectivity index (χ0n) is 9.40. The van der Waals surface area contributed by atoms with Gasteiger partial charge in [-0.25, -0.2) is 0 Å². The molecule has 0 aliphatic carbocycles. The first kappa shape index (κ1) is 11.4. The molecule has 0 N–H and O–H groups in total. The van der Waals surface area contributed by atoms with E-state index in [0.717, 1.165) is 23.4 Å². The molecule has 0 bridgehead atoms. The average molecular weight is 199 g/mol. The van der Waals surface area contributed by atoms with Crippen LogP contribution in [0.5, 0.6) is 0 Å². The van der Waals surface area contributed by atoms with Crippen molar-refractivity contribution in [3.63, 3.8) is 0 Å². The van der Waals surface area contributed by atoms with Gasteiger partial charge in [0.2, 0.25) is 0 Å². The number of benzene rings is 1. The molecular weight excluding hydrogens is 182 g/mol. The summed E-state index contributed by atoms with van der Waals surface area (Å²) in [4.78, 5) is 4.49. The fraction of sp³-hybridized carbons (Fsp3) is 0.214. The molecular formula is C14H17N. The number of aliphatic imine (C=N–C) groups is 1. The standard InChI is InChI=1S/C14H17N/c1-4-9-14(5-2)15-12(3)13-10-7-6-8-11-13/h4,6-11H,3,5H2,1-2H3/b9-4-,15-14?. The van der Waals surface area contributed by atoms with Crippen LogP contribution in [0.3, 0.4) is 0 Å². The Morgan fingerprint density at radius 2 is 2.00 bits per heavy atom. The maximum atomic E-state index is 4.49. The number of hydrogen-bond acceptors (Lipinski definition) is 1. The van der Waals surface area contributed by atoms with Crippen LogP contribution in [0.2, 0.25) is 0 Å². The molecule has 15 heavy (non-hydrogen) atoms. The summed E-state index contributed by atoms with van der Waals surface area (Å²) in [7, 11) is 0. The Kier molecular flexibility index (Phi) is 4.55. The molecule has 0 unspecified atom stereocenters. The van der Waals surface area contributed by atoms with Crippen LogP contribution in [0.4, 0.5) is 0 Å². The van der Waals surface area contributed by atoms with Crippen molar-refractivity contribution in [2.45, 2.75) is 20.3 Å². The van der Waals surface area contributed by atoms with E-state index < -0.39 is 0 Å². The Hall–Kier alpha value is -1.63. The monoisotopic (exact) mass is 199 g/mol. The minimum absolute atomic E-state index is 0.825. The van der Waals surface area contributed by atoms with Gasteiger partial charge < -0.3 is 0 Å². The van der Waals surface area contributed by atoms with Gasteiger partial charge in [0.15, 0.2) is 0 Å². The van der Waals surface area contributed by atoms with Gasteiger partial charge in [-0.05, 0) is 25.0 Å². The molecule has 0 saturated heterocycles.